The Morgan fingerprint density at radius 2 is 1.97 bits per heavy atom. The molecule has 158 valence electrons. The lowest BCUT2D eigenvalue weighted by molar-refractivity contribution is 0.0951. The number of amides is 1. The first kappa shape index (κ1) is 19.5. The minimum absolute atomic E-state index is 0.0967. The van der Waals surface area contributed by atoms with Crippen molar-refractivity contribution in [2.24, 2.45) is 0 Å². The topological polar surface area (TPSA) is 77.6 Å². The SMILES string of the molecule is CCn1nccc1CNC(=O)c1cc(C2CC2)nc2c1c(C)nn2Cc1ccccc1. The van der Waals surface area contributed by atoms with Gasteiger partial charge in [-0.1, -0.05) is 30.3 Å². The van der Waals surface area contributed by atoms with Crippen molar-refractivity contribution in [3.8, 4) is 0 Å². The molecule has 0 bridgehead atoms. The van der Waals surface area contributed by atoms with Crippen molar-refractivity contribution in [2.45, 2.75) is 52.2 Å². The molecule has 1 N–H and O–H groups in total. The average molecular weight is 415 g/mol. The summed E-state index contributed by atoms with van der Waals surface area (Å²) in [6, 6.07) is 14.1. The largest absolute Gasteiger partial charge is 0.346 e. The monoisotopic (exact) mass is 414 g/mol. The van der Waals surface area contributed by atoms with Crippen LogP contribution in [0.25, 0.3) is 11.0 Å². The van der Waals surface area contributed by atoms with Crippen LogP contribution in [0.5, 0.6) is 0 Å². The van der Waals surface area contributed by atoms with E-state index >= 15 is 0 Å². The lowest BCUT2D eigenvalue weighted by Gasteiger charge is -2.10. The maximum atomic E-state index is 13.3. The van der Waals surface area contributed by atoms with E-state index in [4.69, 9.17) is 10.1 Å². The molecule has 5 rings (SSSR count). The third kappa shape index (κ3) is 3.83. The number of carbonyl (C=O) groups is 1. The van der Waals surface area contributed by atoms with Crippen LogP contribution in [0.2, 0.25) is 0 Å². The van der Waals surface area contributed by atoms with Crippen molar-refractivity contribution in [1.29, 1.82) is 0 Å². The molecule has 0 unspecified atom stereocenters. The lowest BCUT2D eigenvalue weighted by atomic mass is 10.1. The molecule has 0 radical (unpaired) electrons. The lowest BCUT2D eigenvalue weighted by Crippen LogP contribution is -2.25. The average Bonchev–Trinajstić information content (AvgIpc) is 3.47. The number of carbonyl (C=O) groups excluding carboxylic acids is 1. The van der Waals surface area contributed by atoms with E-state index in [2.05, 4.69) is 22.5 Å². The summed E-state index contributed by atoms with van der Waals surface area (Å²) >= 11 is 0. The van der Waals surface area contributed by atoms with Gasteiger partial charge in [-0.15, -0.1) is 0 Å². The second kappa shape index (κ2) is 7.98. The fraction of sp³-hybridized carbons (Fsp3) is 0.333. The van der Waals surface area contributed by atoms with Gasteiger partial charge in [-0.2, -0.15) is 10.2 Å². The van der Waals surface area contributed by atoms with Crippen LogP contribution < -0.4 is 5.32 Å². The Kier molecular flexibility index (Phi) is 5.02. The zero-order chi connectivity index (χ0) is 21.4. The molecule has 3 heterocycles. The molecule has 1 aliphatic rings. The summed E-state index contributed by atoms with van der Waals surface area (Å²) in [5.41, 5.74) is 5.40. The minimum Gasteiger partial charge on any atom is -0.346 e. The van der Waals surface area contributed by atoms with Gasteiger partial charge in [-0.25, -0.2) is 9.67 Å². The van der Waals surface area contributed by atoms with Crippen molar-refractivity contribution < 1.29 is 4.79 Å². The molecule has 1 saturated carbocycles. The normalized spacial score (nSPS) is 13.6. The molecule has 7 nitrogen and oxygen atoms in total. The van der Waals surface area contributed by atoms with Crippen LogP contribution in [-0.4, -0.2) is 30.5 Å². The predicted molar refractivity (Wildman–Crippen MR) is 119 cm³/mol. The number of hydrogen-bond donors (Lipinski definition) is 1. The molecule has 1 aliphatic carbocycles. The van der Waals surface area contributed by atoms with E-state index in [1.807, 2.05) is 53.5 Å². The summed E-state index contributed by atoms with van der Waals surface area (Å²) in [6.07, 6.45) is 4.01. The number of nitrogens with zero attached hydrogens (tertiary/aromatic N) is 5. The van der Waals surface area contributed by atoms with Crippen LogP contribution in [0.15, 0.2) is 48.7 Å². The maximum absolute atomic E-state index is 13.3. The molecule has 31 heavy (non-hydrogen) atoms. The predicted octanol–water partition coefficient (Wildman–Crippen LogP) is 3.81. The number of benzene rings is 1. The van der Waals surface area contributed by atoms with E-state index in [0.717, 1.165) is 53.1 Å². The van der Waals surface area contributed by atoms with Crippen molar-refractivity contribution in [3.05, 3.63) is 76.9 Å². The quantitative estimate of drug-likeness (QED) is 0.499. The number of hydrogen-bond acceptors (Lipinski definition) is 4. The van der Waals surface area contributed by atoms with Crippen molar-refractivity contribution in [3.63, 3.8) is 0 Å². The van der Waals surface area contributed by atoms with Gasteiger partial charge in [0.1, 0.15) is 0 Å². The fourth-order valence-electron chi connectivity index (χ4n) is 4.07. The van der Waals surface area contributed by atoms with Gasteiger partial charge in [0, 0.05) is 24.4 Å². The Morgan fingerprint density at radius 1 is 1.16 bits per heavy atom. The van der Waals surface area contributed by atoms with E-state index in [1.165, 1.54) is 0 Å². The molecule has 4 aromatic rings. The Labute approximate surface area is 181 Å². The highest BCUT2D eigenvalue weighted by molar-refractivity contribution is 6.06. The molecule has 0 aliphatic heterocycles. The van der Waals surface area contributed by atoms with Crippen molar-refractivity contribution in [1.82, 2.24) is 29.9 Å². The van der Waals surface area contributed by atoms with Gasteiger partial charge in [0.15, 0.2) is 5.65 Å². The molecule has 1 fully saturated rings. The first-order valence-corrected chi connectivity index (χ1v) is 10.8. The van der Waals surface area contributed by atoms with Crippen molar-refractivity contribution >= 4 is 16.9 Å². The molecule has 0 atom stereocenters. The second-order valence-corrected chi connectivity index (χ2v) is 8.12. The summed E-state index contributed by atoms with van der Waals surface area (Å²) in [7, 11) is 0. The van der Waals surface area contributed by atoms with Crippen molar-refractivity contribution in [2.75, 3.05) is 0 Å². The zero-order valence-electron chi connectivity index (χ0n) is 17.9. The van der Waals surface area contributed by atoms with Gasteiger partial charge >= 0.3 is 0 Å². The molecule has 0 spiro atoms. The van der Waals surface area contributed by atoms with Gasteiger partial charge in [0.05, 0.1) is 35.4 Å². The summed E-state index contributed by atoms with van der Waals surface area (Å²) in [5.74, 6) is 0.346. The summed E-state index contributed by atoms with van der Waals surface area (Å²) < 4.78 is 3.82. The molecular weight excluding hydrogens is 388 g/mol. The molecule has 1 aromatic carbocycles. The number of pyridine rings is 1. The highest BCUT2D eigenvalue weighted by Crippen LogP contribution is 2.40. The van der Waals surface area contributed by atoms with Gasteiger partial charge in [0.25, 0.3) is 5.91 Å². The first-order chi connectivity index (χ1) is 15.1. The number of rotatable bonds is 7. The third-order valence-corrected chi connectivity index (χ3v) is 5.85. The van der Waals surface area contributed by atoms with Crippen LogP contribution in [0.1, 0.15) is 58.7 Å². The van der Waals surface area contributed by atoms with Crippen LogP contribution in [0, 0.1) is 6.92 Å². The van der Waals surface area contributed by atoms with E-state index in [9.17, 15) is 4.79 Å². The first-order valence-electron chi connectivity index (χ1n) is 10.8. The van der Waals surface area contributed by atoms with E-state index < -0.39 is 0 Å². The van der Waals surface area contributed by atoms with E-state index in [1.54, 1.807) is 6.20 Å². The highest BCUT2D eigenvalue weighted by Gasteiger charge is 2.28. The molecule has 0 saturated heterocycles. The van der Waals surface area contributed by atoms with E-state index in [-0.39, 0.29) is 5.91 Å². The summed E-state index contributed by atoms with van der Waals surface area (Å²) in [4.78, 5) is 18.2. The molecule has 1 amide bonds. The van der Waals surface area contributed by atoms with E-state index in [0.29, 0.717) is 24.6 Å². The highest BCUT2D eigenvalue weighted by atomic mass is 16.1. The van der Waals surface area contributed by atoms with Gasteiger partial charge in [-0.05, 0) is 44.4 Å². The van der Waals surface area contributed by atoms with Crippen LogP contribution in [-0.2, 0) is 19.6 Å². The molecular formula is C24H26N6O. The standard InChI is InChI=1S/C24H26N6O/c1-3-29-19(11-12-26-29)14-25-24(31)20-13-21(18-9-10-18)27-23-22(20)16(2)28-30(23)15-17-7-5-4-6-8-17/h4-8,11-13,18H,3,9-10,14-15H2,1-2H3,(H,25,31). The van der Waals surface area contributed by atoms with Crippen LogP contribution in [0.3, 0.4) is 0 Å². The second-order valence-electron chi connectivity index (χ2n) is 8.12. The summed E-state index contributed by atoms with van der Waals surface area (Å²) in [6.45, 7) is 5.83. The Bertz CT molecular complexity index is 1240. The molecule has 7 heteroatoms. The number of aryl methyl sites for hydroxylation is 2. The zero-order valence-corrected chi connectivity index (χ0v) is 17.9. The van der Waals surface area contributed by atoms with Crippen LogP contribution in [0.4, 0.5) is 0 Å². The van der Waals surface area contributed by atoms with Gasteiger partial charge < -0.3 is 5.32 Å². The number of aromatic nitrogens is 5. The van der Waals surface area contributed by atoms with Gasteiger partial charge in [0.2, 0.25) is 0 Å². The third-order valence-electron chi connectivity index (χ3n) is 5.85. The minimum atomic E-state index is -0.0967. The summed E-state index contributed by atoms with van der Waals surface area (Å²) in [5, 5.41) is 12.9. The van der Waals surface area contributed by atoms with Gasteiger partial charge in [-0.3, -0.25) is 9.48 Å². The smallest absolute Gasteiger partial charge is 0.252 e. The fourth-order valence-corrected chi connectivity index (χ4v) is 4.07. The number of fused-ring (bicyclic) bond motifs is 1. The Morgan fingerprint density at radius 3 is 2.71 bits per heavy atom. The molecule has 3 aromatic heterocycles. The number of nitrogens with one attached hydrogen (secondary N) is 1. The Balaban J connectivity index is 1.51. The Hall–Kier alpha value is -3.48. The maximum Gasteiger partial charge on any atom is 0.252 e. The van der Waals surface area contributed by atoms with Crippen LogP contribution >= 0.6 is 0 Å².